The highest BCUT2D eigenvalue weighted by Gasteiger charge is 2.65. The van der Waals surface area contributed by atoms with E-state index in [4.69, 9.17) is 5.11 Å². The van der Waals surface area contributed by atoms with E-state index < -0.39 is 23.2 Å². The third-order valence-corrected chi connectivity index (χ3v) is 4.39. The number of hydrogen-bond acceptors (Lipinski definition) is 2. The third kappa shape index (κ3) is 2.42. The number of carboxylic acids is 1. The van der Waals surface area contributed by atoms with Gasteiger partial charge in [-0.25, -0.2) is 0 Å². The van der Waals surface area contributed by atoms with Gasteiger partial charge >= 0.3 is 5.97 Å². The number of rotatable bonds is 4. The van der Waals surface area contributed by atoms with Gasteiger partial charge in [-0.1, -0.05) is 38.1 Å². The van der Waals surface area contributed by atoms with Gasteiger partial charge in [-0.2, -0.15) is 0 Å². The number of carbonyl (C=O) groups is 2. The minimum atomic E-state index is -0.890. The zero-order valence-electron chi connectivity index (χ0n) is 12.3. The first-order valence-electron chi connectivity index (χ1n) is 6.85. The molecular weight excluding hydrogens is 254 g/mol. The number of hydrogen-bond donors (Lipinski definition) is 2. The Hall–Kier alpha value is -1.84. The predicted molar refractivity (Wildman–Crippen MR) is 76.1 cm³/mol. The highest BCUT2D eigenvalue weighted by atomic mass is 16.4. The summed E-state index contributed by atoms with van der Waals surface area (Å²) in [5.74, 6) is -2.07. The average Bonchev–Trinajstić information content (AvgIpc) is 2.93. The van der Waals surface area contributed by atoms with Gasteiger partial charge < -0.3 is 10.4 Å². The van der Waals surface area contributed by atoms with Gasteiger partial charge in [-0.15, -0.1) is 0 Å². The maximum absolute atomic E-state index is 12.3. The van der Waals surface area contributed by atoms with E-state index in [9.17, 15) is 9.59 Å². The number of amides is 1. The third-order valence-electron chi connectivity index (χ3n) is 4.39. The van der Waals surface area contributed by atoms with Gasteiger partial charge in [-0.05, 0) is 30.4 Å². The van der Waals surface area contributed by atoms with Crippen molar-refractivity contribution in [3.63, 3.8) is 0 Å². The maximum atomic E-state index is 12.3. The van der Waals surface area contributed by atoms with Gasteiger partial charge in [0.1, 0.15) is 0 Å². The van der Waals surface area contributed by atoms with Crippen LogP contribution in [0.15, 0.2) is 24.3 Å². The number of carbonyl (C=O) groups excluding carboxylic acids is 1. The lowest BCUT2D eigenvalue weighted by atomic mass is 10.0. The van der Waals surface area contributed by atoms with Crippen molar-refractivity contribution in [2.75, 3.05) is 0 Å². The Balaban J connectivity index is 2.07. The first-order valence-corrected chi connectivity index (χ1v) is 6.85. The van der Waals surface area contributed by atoms with Gasteiger partial charge in [-0.3, -0.25) is 9.59 Å². The maximum Gasteiger partial charge on any atom is 0.307 e. The standard InChI is InChI=1S/C16H21NO3/c1-9-7-5-6-8-11(9)10(2)17-14(18)12-13(15(19)20)16(12,3)4/h5-8,10,12-13H,1-4H3,(H,17,18)(H,19,20)/t10?,12-,13+/m1/s1. The summed E-state index contributed by atoms with van der Waals surface area (Å²) in [7, 11) is 0. The van der Waals surface area contributed by atoms with E-state index in [-0.39, 0.29) is 11.9 Å². The van der Waals surface area contributed by atoms with Gasteiger partial charge in [0.2, 0.25) is 5.91 Å². The van der Waals surface area contributed by atoms with Crippen LogP contribution in [0, 0.1) is 24.2 Å². The normalized spacial score (nSPS) is 24.8. The molecule has 2 N–H and O–H groups in total. The van der Waals surface area contributed by atoms with Crippen LogP contribution in [-0.2, 0) is 9.59 Å². The van der Waals surface area contributed by atoms with E-state index in [1.165, 1.54) is 0 Å². The van der Waals surface area contributed by atoms with E-state index in [1.807, 2.05) is 52.0 Å². The van der Waals surface area contributed by atoms with Crippen LogP contribution in [0.25, 0.3) is 0 Å². The summed E-state index contributed by atoms with van der Waals surface area (Å²) < 4.78 is 0. The van der Waals surface area contributed by atoms with E-state index in [2.05, 4.69) is 5.32 Å². The summed E-state index contributed by atoms with van der Waals surface area (Å²) in [6.07, 6.45) is 0. The van der Waals surface area contributed by atoms with Crippen LogP contribution in [0.1, 0.15) is 37.9 Å². The summed E-state index contributed by atoms with van der Waals surface area (Å²) in [6, 6.07) is 7.75. The SMILES string of the molecule is Cc1ccccc1C(C)NC(=O)[C@H]1[C@@H](C(=O)O)C1(C)C. The van der Waals surface area contributed by atoms with Crippen LogP contribution in [0.2, 0.25) is 0 Å². The zero-order valence-corrected chi connectivity index (χ0v) is 12.3. The van der Waals surface area contributed by atoms with Crippen LogP contribution < -0.4 is 5.32 Å². The molecule has 0 aliphatic heterocycles. The summed E-state index contributed by atoms with van der Waals surface area (Å²) >= 11 is 0. The first kappa shape index (κ1) is 14.6. The summed E-state index contributed by atoms with van der Waals surface area (Å²) in [5.41, 5.74) is 1.72. The Morgan fingerprint density at radius 3 is 2.35 bits per heavy atom. The number of aliphatic carboxylic acids is 1. The Labute approximate surface area is 119 Å². The predicted octanol–water partition coefficient (Wildman–Crippen LogP) is 2.53. The number of nitrogens with one attached hydrogen (secondary N) is 1. The highest BCUT2D eigenvalue weighted by Crippen LogP contribution is 2.58. The van der Waals surface area contributed by atoms with E-state index in [0.29, 0.717) is 0 Å². The summed E-state index contributed by atoms with van der Waals surface area (Å²) in [5, 5.41) is 12.1. The second-order valence-electron chi connectivity index (χ2n) is 6.20. The molecule has 0 saturated heterocycles. The van der Waals surface area contributed by atoms with Gasteiger partial charge in [0, 0.05) is 0 Å². The van der Waals surface area contributed by atoms with Crippen LogP contribution in [-0.4, -0.2) is 17.0 Å². The molecule has 3 atom stereocenters. The van der Waals surface area contributed by atoms with Crippen LogP contribution in [0.5, 0.6) is 0 Å². The molecule has 0 radical (unpaired) electrons. The molecule has 1 aliphatic carbocycles. The van der Waals surface area contributed by atoms with Crippen molar-refractivity contribution in [3.8, 4) is 0 Å². The van der Waals surface area contributed by atoms with Crippen molar-refractivity contribution in [2.45, 2.75) is 33.7 Å². The fourth-order valence-corrected chi connectivity index (χ4v) is 3.04. The molecule has 0 aromatic heterocycles. The Bertz CT molecular complexity index is 550. The van der Waals surface area contributed by atoms with Crippen molar-refractivity contribution in [1.29, 1.82) is 0 Å². The van der Waals surface area contributed by atoms with E-state index in [1.54, 1.807) is 0 Å². The summed E-state index contributed by atoms with van der Waals surface area (Å²) in [4.78, 5) is 23.4. The van der Waals surface area contributed by atoms with Crippen LogP contribution in [0.3, 0.4) is 0 Å². The summed E-state index contributed by atoms with van der Waals surface area (Å²) in [6.45, 7) is 7.58. The lowest BCUT2D eigenvalue weighted by Gasteiger charge is -2.17. The van der Waals surface area contributed by atoms with Gasteiger partial charge in [0.05, 0.1) is 17.9 Å². The van der Waals surface area contributed by atoms with Crippen molar-refractivity contribution in [3.05, 3.63) is 35.4 Å². The molecule has 1 aromatic carbocycles. The Morgan fingerprint density at radius 1 is 1.25 bits per heavy atom. The fraction of sp³-hybridized carbons (Fsp3) is 0.500. The van der Waals surface area contributed by atoms with Crippen LogP contribution in [0.4, 0.5) is 0 Å². The molecule has 1 unspecified atom stereocenters. The zero-order chi connectivity index (χ0) is 15.1. The Morgan fingerprint density at radius 2 is 1.85 bits per heavy atom. The molecule has 2 rings (SSSR count). The van der Waals surface area contributed by atoms with E-state index >= 15 is 0 Å². The molecule has 4 nitrogen and oxygen atoms in total. The molecule has 0 spiro atoms. The second kappa shape index (κ2) is 4.93. The molecule has 0 heterocycles. The molecule has 1 saturated carbocycles. The topological polar surface area (TPSA) is 66.4 Å². The average molecular weight is 275 g/mol. The van der Waals surface area contributed by atoms with Gasteiger partial charge in [0.15, 0.2) is 0 Å². The van der Waals surface area contributed by atoms with Crippen LogP contribution >= 0.6 is 0 Å². The Kier molecular flexibility index (Phi) is 3.59. The minimum absolute atomic E-state index is 0.116. The monoisotopic (exact) mass is 275 g/mol. The van der Waals surface area contributed by atoms with Crippen molar-refractivity contribution >= 4 is 11.9 Å². The van der Waals surface area contributed by atoms with Crippen molar-refractivity contribution < 1.29 is 14.7 Å². The molecular formula is C16H21NO3. The highest BCUT2D eigenvalue weighted by molar-refractivity contribution is 5.91. The molecule has 1 aromatic rings. The minimum Gasteiger partial charge on any atom is -0.481 e. The fourth-order valence-electron chi connectivity index (χ4n) is 3.04. The number of aryl methyl sites for hydroxylation is 1. The smallest absolute Gasteiger partial charge is 0.307 e. The quantitative estimate of drug-likeness (QED) is 0.887. The molecule has 4 heteroatoms. The van der Waals surface area contributed by atoms with Crippen molar-refractivity contribution in [2.24, 2.45) is 17.3 Å². The molecule has 0 bridgehead atoms. The molecule has 108 valence electrons. The lowest BCUT2D eigenvalue weighted by Crippen LogP contribution is -2.30. The molecule has 1 fully saturated rings. The number of benzene rings is 1. The molecule has 1 aliphatic rings. The molecule has 1 amide bonds. The lowest BCUT2D eigenvalue weighted by molar-refractivity contribution is -0.140. The number of carboxylic acid groups (broad SMARTS) is 1. The second-order valence-corrected chi connectivity index (χ2v) is 6.20. The molecule has 20 heavy (non-hydrogen) atoms. The first-order chi connectivity index (χ1) is 9.26. The largest absolute Gasteiger partial charge is 0.481 e. The van der Waals surface area contributed by atoms with Crippen molar-refractivity contribution in [1.82, 2.24) is 5.32 Å². The van der Waals surface area contributed by atoms with Gasteiger partial charge in [0.25, 0.3) is 0 Å². The van der Waals surface area contributed by atoms with E-state index in [0.717, 1.165) is 11.1 Å².